The van der Waals surface area contributed by atoms with E-state index in [1.807, 2.05) is 24.3 Å². The number of hydrogen-bond donors (Lipinski definition) is 1. The van der Waals surface area contributed by atoms with Gasteiger partial charge in [0.1, 0.15) is 6.04 Å². The van der Waals surface area contributed by atoms with Crippen LogP contribution in [0.2, 0.25) is 0 Å². The summed E-state index contributed by atoms with van der Waals surface area (Å²) in [6.07, 6.45) is -0.619. The van der Waals surface area contributed by atoms with Gasteiger partial charge in [0.2, 0.25) is 0 Å². The first-order chi connectivity index (χ1) is 7.65. The summed E-state index contributed by atoms with van der Waals surface area (Å²) in [7, 11) is 1.48. The van der Waals surface area contributed by atoms with Gasteiger partial charge >= 0.3 is 0 Å². The van der Waals surface area contributed by atoms with Gasteiger partial charge in [-0.25, -0.2) is 0 Å². The molecule has 0 saturated carbocycles. The number of ether oxygens (including phenoxy) is 1. The van der Waals surface area contributed by atoms with Gasteiger partial charge < -0.3 is 10.1 Å². The smallest absolute Gasteiger partial charge is 0.254 e. The molecule has 84 valence electrons. The van der Waals surface area contributed by atoms with E-state index in [9.17, 15) is 9.59 Å². The fourth-order valence-electron chi connectivity index (χ4n) is 2.00. The summed E-state index contributed by atoms with van der Waals surface area (Å²) in [6, 6.07) is 6.79. The second kappa shape index (κ2) is 4.06. The van der Waals surface area contributed by atoms with Gasteiger partial charge in [-0.2, -0.15) is 0 Å². The summed E-state index contributed by atoms with van der Waals surface area (Å²) in [6.45, 7) is 1.47. The number of hydrogen-bond acceptors (Lipinski definition) is 3. The van der Waals surface area contributed by atoms with Crippen LogP contribution < -0.4 is 5.32 Å². The summed E-state index contributed by atoms with van der Waals surface area (Å²) >= 11 is 0. The van der Waals surface area contributed by atoms with Crippen molar-refractivity contribution in [1.82, 2.24) is 5.32 Å². The Balaban J connectivity index is 2.53. The second-order valence-corrected chi connectivity index (χ2v) is 3.80. The number of ketones is 1. The Labute approximate surface area is 93.6 Å². The van der Waals surface area contributed by atoms with Gasteiger partial charge in [0.15, 0.2) is 11.9 Å². The quantitative estimate of drug-likeness (QED) is 0.811. The van der Waals surface area contributed by atoms with Crippen molar-refractivity contribution in [3.05, 3.63) is 35.4 Å². The molecule has 0 radical (unpaired) electrons. The molecule has 2 rings (SSSR count). The molecule has 16 heavy (non-hydrogen) atoms. The van der Waals surface area contributed by atoms with E-state index >= 15 is 0 Å². The highest BCUT2D eigenvalue weighted by molar-refractivity contribution is 5.93. The van der Waals surface area contributed by atoms with Crippen molar-refractivity contribution in [1.29, 1.82) is 0 Å². The van der Waals surface area contributed by atoms with Crippen molar-refractivity contribution in [2.45, 2.75) is 19.1 Å². The van der Waals surface area contributed by atoms with Crippen LogP contribution in [0.3, 0.4) is 0 Å². The van der Waals surface area contributed by atoms with Gasteiger partial charge in [-0.05, 0) is 18.1 Å². The molecule has 0 aromatic heterocycles. The molecule has 1 aliphatic heterocycles. The minimum Gasteiger partial charge on any atom is -0.367 e. The highest BCUT2D eigenvalue weighted by atomic mass is 16.5. The van der Waals surface area contributed by atoms with Crippen LogP contribution in [0.25, 0.3) is 0 Å². The molecule has 0 aliphatic carbocycles. The zero-order valence-corrected chi connectivity index (χ0v) is 9.19. The molecule has 1 N–H and O–H groups in total. The molecule has 1 heterocycles. The molecule has 2 atom stereocenters. The van der Waals surface area contributed by atoms with Crippen LogP contribution >= 0.6 is 0 Å². The molecule has 0 spiro atoms. The summed E-state index contributed by atoms with van der Waals surface area (Å²) in [4.78, 5) is 23.2. The number of fused-ring (bicyclic) bond motifs is 1. The Morgan fingerprint density at radius 3 is 2.50 bits per heavy atom. The van der Waals surface area contributed by atoms with Crippen LogP contribution in [0.4, 0.5) is 0 Å². The minimum absolute atomic E-state index is 0.0737. The zero-order chi connectivity index (χ0) is 11.7. The maximum atomic E-state index is 11.7. The minimum atomic E-state index is -0.619. The Hall–Kier alpha value is -1.68. The first-order valence-corrected chi connectivity index (χ1v) is 5.07. The van der Waals surface area contributed by atoms with Crippen LogP contribution in [0.1, 0.15) is 30.2 Å². The Kier molecular flexibility index (Phi) is 2.75. The number of Topliss-reactive ketones (excluding diaryl/α,β-unsaturated/α-hetero) is 1. The third kappa shape index (κ3) is 1.61. The maximum Gasteiger partial charge on any atom is 0.254 e. The first-order valence-electron chi connectivity index (χ1n) is 5.07. The van der Waals surface area contributed by atoms with Crippen molar-refractivity contribution >= 4 is 11.7 Å². The summed E-state index contributed by atoms with van der Waals surface area (Å²) in [5.41, 5.74) is 1.59. The predicted molar refractivity (Wildman–Crippen MR) is 57.8 cm³/mol. The van der Waals surface area contributed by atoms with E-state index in [0.29, 0.717) is 0 Å². The van der Waals surface area contributed by atoms with Crippen LogP contribution in [0, 0.1) is 0 Å². The lowest BCUT2D eigenvalue weighted by molar-refractivity contribution is -0.136. The standard InChI is InChI=1S/C12H13NO3/c1-7(14)10-8-5-3-4-6-9(8)11(16-2)12(15)13-10/h3-6,10-11H,1-2H3,(H,13,15)/t10-,11?/m0/s1. The Morgan fingerprint density at radius 2 is 1.94 bits per heavy atom. The van der Waals surface area contributed by atoms with E-state index in [1.54, 1.807) is 0 Å². The fraction of sp³-hybridized carbons (Fsp3) is 0.333. The number of methoxy groups -OCH3 is 1. The lowest BCUT2D eigenvalue weighted by Gasteiger charge is -2.29. The SMILES string of the molecule is COC1C(=O)N[C@@H](C(C)=O)c2ccccc21. The van der Waals surface area contributed by atoms with Crippen LogP contribution in [-0.4, -0.2) is 18.8 Å². The van der Waals surface area contributed by atoms with Gasteiger partial charge in [0.05, 0.1) is 0 Å². The molecule has 1 aliphatic rings. The third-order valence-electron chi connectivity index (χ3n) is 2.76. The average Bonchev–Trinajstić information content (AvgIpc) is 2.28. The molecular weight excluding hydrogens is 206 g/mol. The second-order valence-electron chi connectivity index (χ2n) is 3.80. The van der Waals surface area contributed by atoms with E-state index in [2.05, 4.69) is 5.32 Å². The van der Waals surface area contributed by atoms with Crippen LogP contribution in [0.15, 0.2) is 24.3 Å². The van der Waals surface area contributed by atoms with E-state index in [0.717, 1.165) is 11.1 Å². The Morgan fingerprint density at radius 1 is 1.31 bits per heavy atom. The molecule has 1 amide bonds. The molecule has 1 unspecified atom stereocenters. The average molecular weight is 219 g/mol. The topological polar surface area (TPSA) is 55.4 Å². The van der Waals surface area contributed by atoms with Crippen LogP contribution in [0.5, 0.6) is 0 Å². The van der Waals surface area contributed by atoms with Gasteiger partial charge in [-0.15, -0.1) is 0 Å². The summed E-state index contributed by atoms with van der Waals surface area (Å²) in [5, 5.41) is 2.66. The van der Waals surface area contributed by atoms with Crippen molar-refractivity contribution < 1.29 is 14.3 Å². The lowest BCUT2D eigenvalue weighted by Crippen LogP contribution is -2.42. The van der Waals surface area contributed by atoms with E-state index in [-0.39, 0.29) is 11.7 Å². The van der Waals surface area contributed by atoms with Gasteiger partial charge in [0, 0.05) is 7.11 Å². The summed E-state index contributed by atoms with van der Waals surface area (Å²) in [5.74, 6) is -0.336. The number of carbonyl (C=O) groups is 2. The normalized spacial score (nSPS) is 23.5. The third-order valence-corrected chi connectivity index (χ3v) is 2.76. The maximum absolute atomic E-state index is 11.7. The highest BCUT2D eigenvalue weighted by Gasteiger charge is 2.34. The van der Waals surface area contributed by atoms with Gasteiger partial charge in [-0.1, -0.05) is 24.3 Å². The number of carbonyl (C=O) groups excluding carboxylic acids is 2. The number of nitrogens with one attached hydrogen (secondary N) is 1. The lowest BCUT2D eigenvalue weighted by atomic mass is 9.90. The number of amides is 1. The highest BCUT2D eigenvalue weighted by Crippen LogP contribution is 2.31. The molecule has 1 aromatic carbocycles. The Bertz CT molecular complexity index is 427. The molecule has 1 aromatic rings. The van der Waals surface area contributed by atoms with E-state index < -0.39 is 12.1 Å². The monoisotopic (exact) mass is 219 g/mol. The largest absolute Gasteiger partial charge is 0.367 e. The first kappa shape index (κ1) is 10.8. The van der Waals surface area contributed by atoms with E-state index in [1.165, 1.54) is 14.0 Å². The zero-order valence-electron chi connectivity index (χ0n) is 9.19. The molecular formula is C12H13NO3. The van der Waals surface area contributed by atoms with Crippen molar-refractivity contribution in [3.8, 4) is 0 Å². The number of benzene rings is 1. The van der Waals surface area contributed by atoms with E-state index in [4.69, 9.17) is 4.74 Å². The molecule has 4 nitrogen and oxygen atoms in total. The fourth-order valence-corrected chi connectivity index (χ4v) is 2.00. The molecule has 0 bridgehead atoms. The molecule has 0 saturated heterocycles. The van der Waals surface area contributed by atoms with Gasteiger partial charge in [-0.3, -0.25) is 9.59 Å². The molecule has 4 heteroatoms. The van der Waals surface area contributed by atoms with Crippen molar-refractivity contribution in [3.63, 3.8) is 0 Å². The van der Waals surface area contributed by atoms with Gasteiger partial charge in [0.25, 0.3) is 5.91 Å². The predicted octanol–water partition coefficient (Wildman–Crippen LogP) is 1.13. The van der Waals surface area contributed by atoms with Crippen molar-refractivity contribution in [2.24, 2.45) is 0 Å². The van der Waals surface area contributed by atoms with Crippen molar-refractivity contribution in [2.75, 3.05) is 7.11 Å². The van der Waals surface area contributed by atoms with Crippen LogP contribution in [-0.2, 0) is 14.3 Å². The molecule has 0 fully saturated rings. The summed E-state index contributed by atoms with van der Waals surface area (Å²) < 4.78 is 5.13. The number of rotatable bonds is 2.